The average molecular weight is 289 g/mol. The Bertz CT molecular complexity index is 460. The summed E-state index contributed by atoms with van der Waals surface area (Å²) in [6, 6.07) is 10.9. The van der Waals surface area contributed by atoms with E-state index >= 15 is 0 Å². The Morgan fingerprint density at radius 1 is 1.33 bits per heavy atom. The first kappa shape index (κ1) is 16.0. The van der Waals surface area contributed by atoms with Gasteiger partial charge in [-0.2, -0.15) is 0 Å². The number of rotatable bonds is 4. The fourth-order valence-corrected chi connectivity index (χ4v) is 2.89. The van der Waals surface area contributed by atoms with E-state index < -0.39 is 0 Å². The van der Waals surface area contributed by atoms with E-state index in [1.54, 1.807) is 0 Å². The number of nitrogens with one attached hydrogen (secondary N) is 1. The first-order valence-corrected chi connectivity index (χ1v) is 7.83. The zero-order valence-electron chi connectivity index (χ0n) is 13.5. The maximum absolute atomic E-state index is 12.8. The van der Waals surface area contributed by atoms with Gasteiger partial charge in [-0.25, -0.2) is 0 Å². The normalized spacial score (nSPS) is 23.3. The van der Waals surface area contributed by atoms with E-state index in [0.29, 0.717) is 18.6 Å². The minimum absolute atomic E-state index is 0.163. The molecule has 1 saturated heterocycles. The number of piperazine rings is 1. The first-order valence-electron chi connectivity index (χ1n) is 7.83. The van der Waals surface area contributed by atoms with Gasteiger partial charge in [-0.15, -0.1) is 0 Å². The van der Waals surface area contributed by atoms with Gasteiger partial charge in [-0.05, 0) is 39.8 Å². The molecule has 1 fully saturated rings. The van der Waals surface area contributed by atoms with Crippen LogP contribution in [0.5, 0.6) is 0 Å². The monoisotopic (exact) mass is 289 g/mol. The molecule has 0 saturated carbocycles. The van der Waals surface area contributed by atoms with Crippen molar-refractivity contribution < 1.29 is 4.79 Å². The molecule has 0 aliphatic carbocycles. The predicted molar refractivity (Wildman–Crippen MR) is 87.6 cm³/mol. The van der Waals surface area contributed by atoms with Crippen molar-refractivity contribution in [3.05, 3.63) is 30.3 Å². The molecule has 1 N–H and O–H groups in total. The molecule has 1 heterocycles. The number of benzene rings is 1. The minimum Gasteiger partial charge on any atom is -0.311 e. The number of anilines is 1. The van der Waals surface area contributed by atoms with Crippen LogP contribution < -0.4 is 10.2 Å². The molecule has 116 valence electrons. The Hall–Kier alpha value is -1.39. The Balaban J connectivity index is 2.09. The Kier molecular flexibility index (Phi) is 5.37. The highest BCUT2D eigenvalue weighted by atomic mass is 16.2. The molecule has 1 aromatic carbocycles. The standard InChI is InChI=1S/C17H27N3O/c1-13(2)20(16-8-6-5-7-9-16)17(21)12-19-11-14(3)18-10-15(19)4/h5-9,13-15,18H,10-12H2,1-4H3. The summed E-state index contributed by atoms with van der Waals surface area (Å²) < 4.78 is 0. The van der Waals surface area contributed by atoms with Gasteiger partial charge in [0.05, 0.1) is 6.54 Å². The quantitative estimate of drug-likeness (QED) is 0.922. The van der Waals surface area contributed by atoms with E-state index in [9.17, 15) is 4.79 Å². The van der Waals surface area contributed by atoms with Crippen LogP contribution in [-0.2, 0) is 4.79 Å². The van der Waals surface area contributed by atoms with Gasteiger partial charge < -0.3 is 10.2 Å². The minimum atomic E-state index is 0.163. The average Bonchev–Trinajstić information content (AvgIpc) is 2.44. The third-order valence-corrected chi connectivity index (χ3v) is 4.05. The molecule has 0 bridgehead atoms. The van der Waals surface area contributed by atoms with E-state index in [4.69, 9.17) is 0 Å². The van der Waals surface area contributed by atoms with Crippen LogP contribution in [0.4, 0.5) is 5.69 Å². The fraction of sp³-hybridized carbons (Fsp3) is 0.588. The first-order chi connectivity index (χ1) is 9.99. The summed E-state index contributed by atoms with van der Waals surface area (Å²) in [6.07, 6.45) is 0. The van der Waals surface area contributed by atoms with Gasteiger partial charge >= 0.3 is 0 Å². The largest absolute Gasteiger partial charge is 0.311 e. The Morgan fingerprint density at radius 2 is 2.00 bits per heavy atom. The molecular formula is C17H27N3O. The summed E-state index contributed by atoms with van der Waals surface area (Å²) in [5.41, 5.74) is 0.980. The fourth-order valence-electron chi connectivity index (χ4n) is 2.89. The van der Waals surface area contributed by atoms with E-state index in [-0.39, 0.29) is 11.9 Å². The number of para-hydroxylation sites is 1. The lowest BCUT2D eigenvalue weighted by Crippen LogP contribution is -2.57. The third-order valence-electron chi connectivity index (χ3n) is 4.05. The number of hydrogen-bond acceptors (Lipinski definition) is 3. The van der Waals surface area contributed by atoms with Crippen molar-refractivity contribution in [3.63, 3.8) is 0 Å². The highest BCUT2D eigenvalue weighted by molar-refractivity contribution is 5.95. The highest BCUT2D eigenvalue weighted by Gasteiger charge is 2.27. The molecule has 2 rings (SSSR count). The van der Waals surface area contributed by atoms with Crippen molar-refractivity contribution in [1.29, 1.82) is 0 Å². The van der Waals surface area contributed by atoms with Gasteiger partial charge in [0.2, 0.25) is 5.91 Å². The Morgan fingerprint density at radius 3 is 2.62 bits per heavy atom. The van der Waals surface area contributed by atoms with Crippen molar-refractivity contribution in [2.24, 2.45) is 0 Å². The Labute approximate surface area is 128 Å². The van der Waals surface area contributed by atoms with Crippen LogP contribution in [0.2, 0.25) is 0 Å². The number of carbonyl (C=O) groups is 1. The summed E-state index contributed by atoms with van der Waals surface area (Å²) in [5.74, 6) is 0.178. The SMILES string of the molecule is CC1CN(CC(=O)N(c2ccccc2)C(C)C)C(C)CN1. The molecule has 1 amide bonds. The second-order valence-electron chi connectivity index (χ2n) is 6.28. The lowest BCUT2D eigenvalue weighted by atomic mass is 10.1. The van der Waals surface area contributed by atoms with Gasteiger partial charge in [0.15, 0.2) is 0 Å². The molecule has 4 nitrogen and oxygen atoms in total. The van der Waals surface area contributed by atoms with Crippen molar-refractivity contribution in [2.75, 3.05) is 24.5 Å². The van der Waals surface area contributed by atoms with Crippen LogP contribution in [0, 0.1) is 0 Å². The predicted octanol–water partition coefficient (Wildman–Crippen LogP) is 2.11. The van der Waals surface area contributed by atoms with Crippen LogP contribution in [0.15, 0.2) is 30.3 Å². The van der Waals surface area contributed by atoms with Crippen molar-refractivity contribution in [2.45, 2.75) is 45.8 Å². The smallest absolute Gasteiger partial charge is 0.241 e. The van der Waals surface area contributed by atoms with Crippen LogP contribution in [0.3, 0.4) is 0 Å². The molecule has 2 unspecified atom stereocenters. The van der Waals surface area contributed by atoms with Gasteiger partial charge in [-0.3, -0.25) is 9.69 Å². The zero-order valence-corrected chi connectivity index (χ0v) is 13.5. The number of carbonyl (C=O) groups excluding carboxylic acids is 1. The topological polar surface area (TPSA) is 35.6 Å². The van der Waals surface area contributed by atoms with Crippen LogP contribution in [0.1, 0.15) is 27.7 Å². The number of hydrogen-bond donors (Lipinski definition) is 1. The van der Waals surface area contributed by atoms with Crippen molar-refractivity contribution in [3.8, 4) is 0 Å². The van der Waals surface area contributed by atoms with E-state index in [1.807, 2.05) is 35.2 Å². The lowest BCUT2D eigenvalue weighted by Gasteiger charge is -2.38. The van der Waals surface area contributed by atoms with Gasteiger partial charge in [0, 0.05) is 36.9 Å². The molecule has 2 atom stereocenters. The van der Waals surface area contributed by atoms with E-state index in [2.05, 4.69) is 37.9 Å². The molecule has 0 aromatic heterocycles. The lowest BCUT2D eigenvalue weighted by molar-refractivity contribution is -0.120. The molecule has 21 heavy (non-hydrogen) atoms. The summed E-state index contributed by atoms with van der Waals surface area (Å²) in [6.45, 7) is 10.8. The summed E-state index contributed by atoms with van der Waals surface area (Å²) in [7, 11) is 0. The maximum atomic E-state index is 12.8. The molecule has 1 aliphatic heterocycles. The van der Waals surface area contributed by atoms with E-state index in [0.717, 1.165) is 18.8 Å². The summed E-state index contributed by atoms with van der Waals surface area (Å²) in [4.78, 5) is 17.0. The molecule has 0 spiro atoms. The molecule has 0 radical (unpaired) electrons. The molecule has 1 aromatic rings. The van der Waals surface area contributed by atoms with Crippen LogP contribution in [0.25, 0.3) is 0 Å². The zero-order chi connectivity index (χ0) is 15.4. The third kappa shape index (κ3) is 4.05. The highest BCUT2D eigenvalue weighted by Crippen LogP contribution is 2.18. The summed E-state index contributed by atoms with van der Waals surface area (Å²) >= 11 is 0. The molecular weight excluding hydrogens is 262 g/mol. The van der Waals surface area contributed by atoms with Crippen LogP contribution >= 0.6 is 0 Å². The van der Waals surface area contributed by atoms with Gasteiger partial charge in [0.25, 0.3) is 0 Å². The van der Waals surface area contributed by atoms with Crippen molar-refractivity contribution in [1.82, 2.24) is 10.2 Å². The molecule has 1 aliphatic rings. The van der Waals surface area contributed by atoms with Crippen molar-refractivity contribution >= 4 is 11.6 Å². The van der Waals surface area contributed by atoms with E-state index in [1.165, 1.54) is 0 Å². The second kappa shape index (κ2) is 7.05. The summed E-state index contributed by atoms with van der Waals surface area (Å²) in [5, 5.41) is 3.45. The van der Waals surface area contributed by atoms with Gasteiger partial charge in [0.1, 0.15) is 0 Å². The molecule has 4 heteroatoms. The van der Waals surface area contributed by atoms with Crippen LogP contribution in [-0.4, -0.2) is 48.6 Å². The number of nitrogens with zero attached hydrogens (tertiary/aromatic N) is 2. The number of amides is 1. The second-order valence-corrected chi connectivity index (χ2v) is 6.28. The maximum Gasteiger partial charge on any atom is 0.241 e. The van der Waals surface area contributed by atoms with Gasteiger partial charge in [-0.1, -0.05) is 18.2 Å².